The van der Waals surface area contributed by atoms with Gasteiger partial charge in [-0.2, -0.15) is 0 Å². The van der Waals surface area contributed by atoms with Gasteiger partial charge in [0, 0.05) is 12.3 Å². The Bertz CT molecular complexity index is 421. The molecule has 2 atom stereocenters. The largest absolute Gasteiger partial charge is 0.444 e. The number of hydrogen-bond acceptors (Lipinski definition) is 4. The Labute approximate surface area is 137 Å². The smallest absolute Gasteiger partial charge is 0.410 e. The first-order chi connectivity index (χ1) is 10.8. The Morgan fingerprint density at radius 1 is 1.17 bits per heavy atom. The molecule has 0 aromatic rings. The molecule has 0 saturated carbocycles. The molecule has 2 unspecified atom stereocenters. The number of rotatable bonds is 5. The lowest BCUT2D eigenvalue weighted by Gasteiger charge is -2.47. The van der Waals surface area contributed by atoms with Crippen LogP contribution in [-0.4, -0.2) is 54.3 Å². The van der Waals surface area contributed by atoms with Gasteiger partial charge in [-0.05, 0) is 46.5 Å². The molecule has 0 spiro atoms. The number of amides is 1. The normalized spacial score (nSPS) is 27.7. The molecule has 2 rings (SSSR count). The summed E-state index contributed by atoms with van der Waals surface area (Å²) >= 11 is 0. The Balaban J connectivity index is 1.97. The zero-order valence-electron chi connectivity index (χ0n) is 14.3. The van der Waals surface area contributed by atoms with Crippen molar-refractivity contribution in [3.05, 3.63) is 0 Å². The summed E-state index contributed by atoms with van der Waals surface area (Å²) in [6, 6.07) is -0.208. The summed E-state index contributed by atoms with van der Waals surface area (Å²) in [5.74, 6) is 0.145. The summed E-state index contributed by atoms with van der Waals surface area (Å²) < 4.78 is 23.2. The number of carbonyl (C=O) groups excluding carboxylic acids is 2. The lowest BCUT2D eigenvalue weighted by Crippen LogP contribution is -2.60. The zero-order chi connectivity index (χ0) is 17.0. The molecule has 1 amide bonds. The maximum atomic E-state index is 12.4. The number of ketones is 1. The van der Waals surface area contributed by atoms with Crippen molar-refractivity contribution in [1.29, 1.82) is 0 Å². The van der Waals surface area contributed by atoms with Gasteiger partial charge in [-0.3, -0.25) is 14.1 Å². The molecule has 0 radical (unpaired) electrons. The van der Waals surface area contributed by atoms with E-state index in [0.29, 0.717) is 45.3 Å². The van der Waals surface area contributed by atoms with Gasteiger partial charge in [0.2, 0.25) is 0 Å². The fourth-order valence-corrected chi connectivity index (χ4v) is 3.39. The molecule has 5 nitrogen and oxygen atoms in total. The van der Waals surface area contributed by atoms with Crippen LogP contribution < -0.4 is 0 Å². The standard InChI is InChI=1S/C17H28FNO4/c1-17(2,3)23-16(21)19-13-8-12(9-14(19)11-22-10-13)15(20)6-4-5-7-18/h12-14H,4-11H2,1-3H3. The monoisotopic (exact) mass is 329 g/mol. The van der Waals surface area contributed by atoms with Crippen molar-refractivity contribution < 1.29 is 23.5 Å². The van der Waals surface area contributed by atoms with Crippen LogP contribution in [0.5, 0.6) is 0 Å². The van der Waals surface area contributed by atoms with Crippen LogP contribution in [-0.2, 0) is 14.3 Å². The van der Waals surface area contributed by atoms with Crippen molar-refractivity contribution >= 4 is 11.9 Å². The number of unbranched alkanes of at least 4 members (excludes halogenated alkanes) is 1. The summed E-state index contributed by atoms with van der Waals surface area (Å²) in [4.78, 5) is 26.5. The average molecular weight is 329 g/mol. The lowest BCUT2D eigenvalue weighted by molar-refractivity contribution is -0.132. The Morgan fingerprint density at radius 3 is 2.30 bits per heavy atom. The van der Waals surface area contributed by atoms with E-state index in [1.165, 1.54) is 0 Å². The van der Waals surface area contributed by atoms with Crippen LogP contribution in [0.4, 0.5) is 9.18 Å². The highest BCUT2D eigenvalue weighted by Gasteiger charge is 2.44. The van der Waals surface area contributed by atoms with Gasteiger partial charge in [0.05, 0.1) is 32.0 Å². The van der Waals surface area contributed by atoms with E-state index in [0.717, 1.165) is 0 Å². The first kappa shape index (κ1) is 18.2. The molecule has 6 heteroatoms. The number of Topliss-reactive ketones (excluding diaryl/α,β-unsaturated/α-hetero) is 1. The second-order valence-corrected chi connectivity index (χ2v) is 7.51. The second-order valence-electron chi connectivity index (χ2n) is 7.51. The fraction of sp³-hybridized carbons (Fsp3) is 0.882. The van der Waals surface area contributed by atoms with Gasteiger partial charge in [0.15, 0.2) is 0 Å². The average Bonchev–Trinajstić information content (AvgIpc) is 2.44. The van der Waals surface area contributed by atoms with Crippen LogP contribution >= 0.6 is 0 Å². The number of carbonyl (C=O) groups is 2. The van der Waals surface area contributed by atoms with Crippen molar-refractivity contribution in [2.75, 3.05) is 19.9 Å². The van der Waals surface area contributed by atoms with Gasteiger partial charge < -0.3 is 9.47 Å². The van der Waals surface area contributed by atoms with Crippen LogP contribution in [0.25, 0.3) is 0 Å². The number of fused-ring (bicyclic) bond motifs is 2. The van der Waals surface area contributed by atoms with Crippen LogP contribution in [0.2, 0.25) is 0 Å². The molecule has 2 aliphatic heterocycles. The molecule has 0 aliphatic carbocycles. The molecule has 0 aromatic heterocycles. The maximum Gasteiger partial charge on any atom is 0.410 e. The van der Waals surface area contributed by atoms with Crippen LogP contribution in [0.1, 0.15) is 52.9 Å². The van der Waals surface area contributed by atoms with Crippen LogP contribution in [0, 0.1) is 5.92 Å². The summed E-state index contributed by atoms with van der Waals surface area (Å²) in [5, 5.41) is 0. The molecule has 2 saturated heterocycles. The summed E-state index contributed by atoms with van der Waals surface area (Å²) in [7, 11) is 0. The summed E-state index contributed by atoms with van der Waals surface area (Å²) in [6.07, 6.45) is 2.39. The third-order valence-corrected chi connectivity index (χ3v) is 4.39. The van der Waals surface area contributed by atoms with E-state index in [-0.39, 0.29) is 36.6 Å². The molecule has 2 heterocycles. The molecule has 2 aliphatic rings. The minimum absolute atomic E-state index is 0.0489. The van der Waals surface area contributed by atoms with E-state index in [1.807, 2.05) is 20.8 Å². The third-order valence-electron chi connectivity index (χ3n) is 4.39. The van der Waals surface area contributed by atoms with Crippen LogP contribution in [0.3, 0.4) is 0 Å². The van der Waals surface area contributed by atoms with E-state index < -0.39 is 5.60 Å². The highest BCUT2D eigenvalue weighted by atomic mass is 19.1. The maximum absolute atomic E-state index is 12.4. The van der Waals surface area contributed by atoms with E-state index in [2.05, 4.69) is 0 Å². The van der Waals surface area contributed by atoms with Gasteiger partial charge in [0.25, 0.3) is 0 Å². The van der Waals surface area contributed by atoms with Gasteiger partial charge in [0.1, 0.15) is 11.4 Å². The van der Waals surface area contributed by atoms with Gasteiger partial charge >= 0.3 is 6.09 Å². The van der Waals surface area contributed by atoms with E-state index in [9.17, 15) is 14.0 Å². The van der Waals surface area contributed by atoms with Gasteiger partial charge in [-0.25, -0.2) is 4.79 Å². The van der Waals surface area contributed by atoms with Gasteiger partial charge in [-0.15, -0.1) is 0 Å². The minimum Gasteiger partial charge on any atom is -0.444 e. The molecule has 2 bridgehead atoms. The number of piperidine rings is 1. The molecule has 23 heavy (non-hydrogen) atoms. The summed E-state index contributed by atoms with van der Waals surface area (Å²) in [5.41, 5.74) is -0.536. The topological polar surface area (TPSA) is 55.8 Å². The Hall–Kier alpha value is -1.17. The second kappa shape index (κ2) is 7.60. The first-order valence-corrected chi connectivity index (χ1v) is 8.49. The van der Waals surface area contributed by atoms with Crippen molar-refractivity contribution in [2.45, 2.75) is 70.6 Å². The van der Waals surface area contributed by atoms with E-state index in [4.69, 9.17) is 9.47 Å². The van der Waals surface area contributed by atoms with Crippen molar-refractivity contribution in [3.63, 3.8) is 0 Å². The Morgan fingerprint density at radius 2 is 1.78 bits per heavy atom. The predicted molar refractivity (Wildman–Crippen MR) is 84.0 cm³/mol. The number of halogens is 1. The van der Waals surface area contributed by atoms with Crippen molar-refractivity contribution in [3.8, 4) is 0 Å². The van der Waals surface area contributed by atoms with E-state index >= 15 is 0 Å². The molecule has 132 valence electrons. The number of alkyl halides is 1. The first-order valence-electron chi connectivity index (χ1n) is 8.49. The summed E-state index contributed by atoms with van der Waals surface area (Å²) in [6.45, 7) is 6.06. The number of morpholine rings is 1. The van der Waals surface area contributed by atoms with Crippen molar-refractivity contribution in [2.24, 2.45) is 5.92 Å². The SMILES string of the molecule is CC(C)(C)OC(=O)N1C2COCC1CC(C(=O)CCCCF)C2. The molecular formula is C17H28FNO4. The Kier molecular flexibility index (Phi) is 6.00. The van der Waals surface area contributed by atoms with Crippen LogP contribution in [0.15, 0.2) is 0 Å². The van der Waals surface area contributed by atoms with Crippen molar-refractivity contribution in [1.82, 2.24) is 4.90 Å². The third kappa shape index (κ3) is 4.90. The molecular weight excluding hydrogens is 301 g/mol. The quantitative estimate of drug-likeness (QED) is 0.727. The number of hydrogen-bond donors (Lipinski definition) is 0. The lowest BCUT2D eigenvalue weighted by atomic mass is 9.81. The molecule has 2 fully saturated rings. The zero-order valence-corrected chi connectivity index (χ0v) is 14.3. The number of ether oxygens (including phenoxy) is 2. The van der Waals surface area contributed by atoms with E-state index in [1.54, 1.807) is 4.90 Å². The molecule has 0 N–H and O–H groups in total. The number of nitrogens with zero attached hydrogens (tertiary/aromatic N) is 1. The fourth-order valence-electron chi connectivity index (χ4n) is 3.39. The molecule has 0 aromatic carbocycles. The highest BCUT2D eigenvalue weighted by molar-refractivity contribution is 5.81. The van der Waals surface area contributed by atoms with Gasteiger partial charge in [-0.1, -0.05) is 0 Å². The predicted octanol–water partition coefficient (Wildman–Crippen LogP) is 3.11. The minimum atomic E-state index is -0.536. The highest BCUT2D eigenvalue weighted by Crippen LogP contribution is 2.34.